The van der Waals surface area contributed by atoms with Crippen LogP contribution in [0.1, 0.15) is 48.8 Å². The van der Waals surface area contributed by atoms with Crippen LogP contribution in [0, 0.1) is 0 Å². The first-order valence-electron chi connectivity index (χ1n) is 15.9. The molecular formula is C36H47NO9. The van der Waals surface area contributed by atoms with Crippen LogP contribution in [0.5, 0.6) is 23.0 Å². The number of hydrogen-bond acceptors (Lipinski definition) is 8. The predicted molar refractivity (Wildman–Crippen MR) is 174 cm³/mol. The van der Waals surface area contributed by atoms with Crippen LogP contribution >= 0.6 is 0 Å². The Morgan fingerprint density at radius 1 is 0.848 bits per heavy atom. The minimum Gasteiger partial charge on any atom is -0.496 e. The van der Waals surface area contributed by atoms with E-state index in [1.807, 2.05) is 73.7 Å². The largest absolute Gasteiger partial charge is 0.496 e. The Morgan fingerprint density at radius 3 is 2.39 bits per heavy atom. The van der Waals surface area contributed by atoms with Gasteiger partial charge in [-0.05, 0) is 54.8 Å². The third-order valence-corrected chi connectivity index (χ3v) is 7.81. The molecule has 46 heavy (non-hydrogen) atoms. The summed E-state index contributed by atoms with van der Waals surface area (Å²) < 4.78 is 40.4. The molecule has 1 saturated heterocycles. The molecule has 0 aliphatic carbocycles. The smallest absolute Gasteiger partial charge is 0.407 e. The van der Waals surface area contributed by atoms with Crippen molar-refractivity contribution in [1.82, 2.24) is 4.90 Å². The molecule has 3 aromatic carbocycles. The first-order chi connectivity index (χ1) is 22.5. The molecule has 0 spiro atoms. The third kappa shape index (κ3) is 10.5. The van der Waals surface area contributed by atoms with E-state index < -0.39 is 6.09 Å². The fourth-order valence-corrected chi connectivity index (χ4v) is 5.43. The third-order valence-electron chi connectivity index (χ3n) is 7.81. The Hall–Kier alpha value is -3.99. The maximum absolute atomic E-state index is 11.8. The standard InChI is InChI=1S/C36H47NO9/c1-4-43-33-16-11-27(23-34(33)45-22-7-19-40-2)25-46-35-24-37(36(38)39)18-17-31(35)28-12-14-30(15-13-28)44-21-8-20-42-26-29-9-5-6-10-32(29)41-3/h5-6,9-16,23,31,35H,4,7-8,17-22,24-26H2,1-3H3,(H,38,39). The summed E-state index contributed by atoms with van der Waals surface area (Å²) in [5, 5.41) is 9.69. The highest BCUT2D eigenvalue weighted by atomic mass is 16.5. The van der Waals surface area contributed by atoms with E-state index in [1.165, 1.54) is 4.90 Å². The van der Waals surface area contributed by atoms with Crippen molar-refractivity contribution in [3.8, 4) is 23.0 Å². The number of benzene rings is 3. The number of rotatable bonds is 19. The summed E-state index contributed by atoms with van der Waals surface area (Å²) in [6.45, 7) is 6.25. The van der Waals surface area contributed by atoms with Crippen molar-refractivity contribution < 1.29 is 43.1 Å². The Bertz CT molecular complexity index is 1330. The van der Waals surface area contributed by atoms with Crippen LogP contribution in [0.15, 0.2) is 66.7 Å². The molecule has 2 atom stereocenters. The Kier molecular flexibility index (Phi) is 14.3. The van der Waals surface area contributed by atoms with Crippen LogP contribution in [0.3, 0.4) is 0 Å². The molecule has 0 saturated carbocycles. The maximum Gasteiger partial charge on any atom is 0.407 e. The summed E-state index contributed by atoms with van der Waals surface area (Å²) in [7, 11) is 3.33. The van der Waals surface area contributed by atoms with Gasteiger partial charge in [0.2, 0.25) is 0 Å². The van der Waals surface area contributed by atoms with Crippen molar-refractivity contribution in [3.63, 3.8) is 0 Å². The monoisotopic (exact) mass is 637 g/mol. The summed E-state index contributed by atoms with van der Waals surface area (Å²) in [5.41, 5.74) is 3.04. The van der Waals surface area contributed by atoms with E-state index in [0.717, 1.165) is 41.0 Å². The highest BCUT2D eigenvalue weighted by molar-refractivity contribution is 5.65. The molecule has 0 aromatic heterocycles. The zero-order chi connectivity index (χ0) is 32.6. The molecule has 0 radical (unpaired) electrons. The van der Waals surface area contributed by atoms with Gasteiger partial charge in [0.25, 0.3) is 0 Å². The van der Waals surface area contributed by atoms with Crippen molar-refractivity contribution >= 4 is 6.09 Å². The van der Waals surface area contributed by atoms with E-state index in [2.05, 4.69) is 0 Å². The van der Waals surface area contributed by atoms with Crippen LogP contribution in [-0.4, -0.2) is 82.5 Å². The van der Waals surface area contributed by atoms with E-state index in [0.29, 0.717) is 77.3 Å². The minimum absolute atomic E-state index is 0.0421. The number of ether oxygens (including phenoxy) is 7. The Labute approximate surface area is 272 Å². The summed E-state index contributed by atoms with van der Waals surface area (Å²) >= 11 is 0. The topological polar surface area (TPSA) is 105 Å². The summed E-state index contributed by atoms with van der Waals surface area (Å²) in [4.78, 5) is 13.2. The van der Waals surface area contributed by atoms with E-state index in [9.17, 15) is 9.90 Å². The van der Waals surface area contributed by atoms with Crippen LogP contribution in [0.2, 0.25) is 0 Å². The van der Waals surface area contributed by atoms with Gasteiger partial charge in [-0.3, -0.25) is 0 Å². The molecule has 4 rings (SSSR count). The van der Waals surface area contributed by atoms with E-state index >= 15 is 0 Å². The minimum atomic E-state index is -0.935. The normalized spacial score (nSPS) is 16.2. The number of likely N-dealkylation sites (tertiary alicyclic amines) is 1. The highest BCUT2D eigenvalue weighted by Gasteiger charge is 2.33. The van der Waals surface area contributed by atoms with Crippen LogP contribution in [0.4, 0.5) is 4.79 Å². The molecule has 1 amide bonds. The fourth-order valence-electron chi connectivity index (χ4n) is 5.43. The molecule has 250 valence electrons. The lowest BCUT2D eigenvalue weighted by Crippen LogP contribution is -2.46. The van der Waals surface area contributed by atoms with Gasteiger partial charge in [-0.25, -0.2) is 4.79 Å². The van der Waals surface area contributed by atoms with Crippen molar-refractivity contribution in [2.24, 2.45) is 0 Å². The molecule has 2 unspecified atom stereocenters. The van der Waals surface area contributed by atoms with Gasteiger partial charge in [0, 0.05) is 44.6 Å². The zero-order valence-corrected chi connectivity index (χ0v) is 27.2. The SMILES string of the molecule is CCOc1ccc(COC2CN(C(=O)O)CCC2c2ccc(OCCCOCc3ccccc3OC)cc2)cc1OCCCOC. The predicted octanol–water partition coefficient (Wildman–Crippen LogP) is 6.55. The Morgan fingerprint density at radius 2 is 1.63 bits per heavy atom. The second-order valence-corrected chi connectivity index (χ2v) is 11.0. The summed E-state index contributed by atoms with van der Waals surface area (Å²) in [5.74, 6) is 2.98. The maximum atomic E-state index is 11.8. The molecule has 1 heterocycles. The van der Waals surface area contributed by atoms with Crippen molar-refractivity contribution in [2.45, 2.75) is 51.4 Å². The second-order valence-electron chi connectivity index (χ2n) is 11.0. The second kappa shape index (κ2) is 18.9. The van der Waals surface area contributed by atoms with Crippen molar-refractivity contribution in [2.75, 3.05) is 60.3 Å². The first kappa shape index (κ1) is 34.9. The van der Waals surface area contributed by atoms with E-state index in [-0.39, 0.29) is 12.0 Å². The molecule has 1 aliphatic heterocycles. The van der Waals surface area contributed by atoms with E-state index in [4.69, 9.17) is 33.2 Å². The van der Waals surface area contributed by atoms with Gasteiger partial charge in [0.1, 0.15) is 11.5 Å². The zero-order valence-electron chi connectivity index (χ0n) is 27.2. The molecular weight excluding hydrogens is 590 g/mol. The number of nitrogens with zero attached hydrogens (tertiary/aromatic N) is 1. The number of amides is 1. The van der Waals surface area contributed by atoms with Crippen molar-refractivity contribution in [3.05, 3.63) is 83.4 Å². The fraction of sp³-hybridized carbons (Fsp3) is 0.472. The van der Waals surface area contributed by atoms with Gasteiger partial charge in [0.15, 0.2) is 11.5 Å². The average Bonchev–Trinajstić information content (AvgIpc) is 3.08. The summed E-state index contributed by atoms with van der Waals surface area (Å²) in [6.07, 6.45) is 0.940. The number of para-hydroxylation sites is 1. The number of methoxy groups -OCH3 is 2. The van der Waals surface area contributed by atoms with Crippen LogP contribution in [-0.2, 0) is 27.4 Å². The first-order valence-corrected chi connectivity index (χ1v) is 15.9. The highest BCUT2D eigenvalue weighted by Crippen LogP contribution is 2.34. The molecule has 1 aliphatic rings. The lowest BCUT2D eigenvalue weighted by Gasteiger charge is -2.37. The number of piperidine rings is 1. The van der Waals surface area contributed by atoms with Gasteiger partial charge >= 0.3 is 6.09 Å². The lowest BCUT2D eigenvalue weighted by atomic mass is 9.87. The van der Waals surface area contributed by atoms with E-state index in [1.54, 1.807) is 14.2 Å². The van der Waals surface area contributed by atoms with Gasteiger partial charge in [-0.15, -0.1) is 0 Å². The summed E-state index contributed by atoms with van der Waals surface area (Å²) in [6, 6.07) is 21.6. The van der Waals surface area contributed by atoms with Crippen LogP contribution < -0.4 is 18.9 Å². The van der Waals surface area contributed by atoms with Gasteiger partial charge < -0.3 is 43.2 Å². The molecule has 1 fully saturated rings. The molecule has 3 aromatic rings. The average molecular weight is 638 g/mol. The van der Waals surface area contributed by atoms with Gasteiger partial charge in [-0.2, -0.15) is 0 Å². The molecule has 1 N–H and O–H groups in total. The van der Waals surface area contributed by atoms with Gasteiger partial charge in [0.05, 0.1) is 59.4 Å². The van der Waals surface area contributed by atoms with Gasteiger partial charge in [-0.1, -0.05) is 36.4 Å². The quantitative estimate of drug-likeness (QED) is 0.147. The number of carbonyl (C=O) groups is 1. The number of carboxylic acid groups (broad SMARTS) is 1. The molecule has 10 heteroatoms. The molecule has 10 nitrogen and oxygen atoms in total. The van der Waals surface area contributed by atoms with Crippen molar-refractivity contribution in [1.29, 1.82) is 0 Å². The lowest BCUT2D eigenvalue weighted by molar-refractivity contribution is -0.0200. The Balaban J connectivity index is 1.31. The van der Waals surface area contributed by atoms with Crippen LogP contribution in [0.25, 0.3) is 0 Å². The molecule has 0 bridgehead atoms. The number of hydrogen-bond donors (Lipinski definition) is 1.